The van der Waals surface area contributed by atoms with Crippen molar-refractivity contribution in [3.05, 3.63) is 70.6 Å². The van der Waals surface area contributed by atoms with E-state index in [2.05, 4.69) is 0 Å². The third-order valence-corrected chi connectivity index (χ3v) is 3.91. The fourth-order valence-electron chi connectivity index (χ4n) is 1.86. The van der Waals surface area contributed by atoms with E-state index in [-0.39, 0.29) is 17.4 Å². The first-order valence-electron chi connectivity index (χ1n) is 5.63. The molecule has 1 nitrogen and oxygen atoms in total. The summed E-state index contributed by atoms with van der Waals surface area (Å²) in [7, 11) is 0. The van der Waals surface area contributed by atoms with Gasteiger partial charge in [-0.25, -0.2) is 8.78 Å². The molecule has 0 amide bonds. The van der Waals surface area contributed by atoms with Crippen LogP contribution in [0.3, 0.4) is 0 Å². The minimum absolute atomic E-state index is 0.179. The van der Waals surface area contributed by atoms with E-state index in [1.165, 1.54) is 47.7 Å². The summed E-state index contributed by atoms with van der Waals surface area (Å²) in [4.78, 5) is 12.7. The Balaban J connectivity index is 2.04. The van der Waals surface area contributed by atoms with Gasteiger partial charge in [0.1, 0.15) is 11.6 Å². The van der Waals surface area contributed by atoms with E-state index in [4.69, 9.17) is 0 Å². The molecule has 0 radical (unpaired) electrons. The molecular weight excluding hydrogens is 266 g/mol. The normalized spacial score (nSPS) is 10.8. The number of fused-ring (bicyclic) bond motifs is 1. The molecule has 3 aromatic rings. The lowest BCUT2D eigenvalue weighted by atomic mass is 10.1. The van der Waals surface area contributed by atoms with Gasteiger partial charge in [-0.05, 0) is 47.9 Å². The Morgan fingerprint density at radius 3 is 2.32 bits per heavy atom. The molecule has 0 aliphatic heterocycles. The summed E-state index contributed by atoms with van der Waals surface area (Å²) in [5, 5.41) is 0.830. The largest absolute Gasteiger partial charge is 0.288 e. The Kier molecular flexibility index (Phi) is 2.87. The van der Waals surface area contributed by atoms with E-state index in [1.807, 2.05) is 0 Å². The number of hydrogen-bond donors (Lipinski definition) is 0. The maximum atomic E-state index is 13.1. The summed E-state index contributed by atoms with van der Waals surface area (Å²) in [6.07, 6.45) is 0. The zero-order chi connectivity index (χ0) is 13.4. The highest BCUT2D eigenvalue weighted by Crippen LogP contribution is 2.28. The van der Waals surface area contributed by atoms with Crippen molar-refractivity contribution in [3.63, 3.8) is 0 Å². The fraction of sp³-hybridized carbons (Fsp3) is 0. The predicted molar refractivity (Wildman–Crippen MR) is 71.6 cm³/mol. The van der Waals surface area contributed by atoms with Crippen LogP contribution in [0.5, 0.6) is 0 Å². The molecule has 0 atom stereocenters. The summed E-state index contributed by atoms with van der Waals surface area (Å²) in [6, 6.07) is 11.5. The van der Waals surface area contributed by atoms with Gasteiger partial charge in [-0.2, -0.15) is 0 Å². The van der Waals surface area contributed by atoms with Gasteiger partial charge in [0.15, 0.2) is 0 Å². The number of thiophene rings is 1. The third-order valence-electron chi connectivity index (χ3n) is 2.81. The number of halogens is 2. The van der Waals surface area contributed by atoms with Crippen LogP contribution in [0.15, 0.2) is 48.5 Å². The molecular formula is C15H8F2OS. The lowest BCUT2D eigenvalue weighted by Crippen LogP contribution is -1.97. The molecule has 0 fully saturated rings. The molecule has 1 heterocycles. The van der Waals surface area contributed by atoms with E-state index in [1.54, 1.807) is 12.1 Å². The van der Waals surface area contributed by atoms with Gasteiger partial charge in [0, 0.05) is 10.3 Å². The Labute approximate surface area is 112 Å². The molecule has 2 aromatic carbocycles. The molecule has 94 valence electrons. The van der Waals surface area contributed by atoms with Crippen LogP contribution in [0.2, 0.25) is 0 Å². The molecule has 0 saturated heterocycles. The quantitative estimate of drug-likeness (QED) is 0.633. The second kappa shape index (κ2) is 4.55. The number of hydrogen-bond acceptors (Lipinski definition) is 2. The van der Waals surface area contributed by atoms with E-state index >= 15 is 0 Å². The SMILES string of the molecule is O=C(c1ccc(F)cc1)c1cc2ccc(F)cc2s1. The van der Waals surface area contributed by atoms with Crippen molar-refractivity contribution >= 4 is 27.2 Å². The minimum Gasteiger partial charge on any atom is -0.288 e. The van der Waals surface area contributed by atoms with Gasteiger partial charge in [0.05, 0.1) is 4.88 Å². The lowest BCUT2D eigenvalue weighted by molar-refractivity contribution is 0.104. The first-order chi connectivity index (χ1) is 9.13. The van der Waals surface area contributed by atoms with Crippen molar-refractivity contribution in [1.82, 2.24) is 0 Å². The van der Waals surface area contributed by atoms with Crippen LogP contribution >= 0.6 is 11.3 Å². The zero-order valence-corrected chi connectivity index (χ0v) is 10.5. The topological polar surface area (TPSA) is 17.1 Å². The van der Waals surface area contributed by atoms with Crippen LogP contribution in [0.25, 0.3) is 10.1 Å². The Hall–Kier alpha value is -2.07. The zero-order valence-electron chi connectivity index (χ0n) is 9.69. The van der Waals surface area contributed by atoms with E-state index in [9.17, 15) is 13.6 Å². The Bertz CT molecular complexity index is 759. The molecule has 0 aliphatic rings. The van der Waals surface area contributed by atoms with Gasteiger partial charge < -0.3 is 0 Å². The van der Waals surface area contributed by atoms with Gasteiger partial charge in [-0.1, -0.05) is 6.07 Å². The van der Waals surface area contributed by atoms with Crippen molar-refractivity contribution in [3.8, 4) is 0 Å². The number of rotatable bonds is 2. The minimum atomic E-state index is -0.380. The predicted octanol–water partition coefficient (Wildman–Crippen LogP) is 4.41. The van der Waals surface area contributed by atoms with Crippen LogP contribution in [0, 0.1) is 11.6 Å². The average Bonchev–Trinajstić information content (AvgIpc) is 2.81. The van der Waals surface area contributed by atoms with Gasteiger partial charge in [0.25, 0.3) is 0 Å². The van der Waals surface area contributed by atoms with Crippen LogP contribution in [0.1, 0.15) is 15.2 Å². The summed E-state index contributed by atoms with van der Waals surface area (Å²) >= 11 is 1.24. The molecule has 0 aliphatic carbocycles. The molecule has 1 aromatic heterocycles. The average molecular weight is 274 g/mol. The van der Waals surface area contributed by atoms with E-state index < -0.39 is 0 Å². The third kappa shape index (κ3) is 2.27. The second-order valence-electron chi connectivity index (χ2n) is 4.13. The van der Waals surface area contributed by atoms with Crippen molar-refractivity contribution in [2.45, 2.75) is 0 Å². The lowest BCUT2D eigenvalue weighted by Gasteiger charge is -1.96. The van der Waals surface area contributed by atoms with Gasteiger partial charge in [-0.3, -0.25) is 4.79 Å². The van der Waals surface area contributed by atoms with Crippen LogP contribution in [-0.2, 0) is 0 Å². The highest BCUT2D eigenvalue weighted by molar-refractivity contribution is 7.21. The summed E-state index contributed by atoms with van der Waals surface area (Å²) in [5.74, 6) is -0.883. The Morgan fingerprint density at radius 2 is 1.58 bits per heavy atom. The fourth-order valence-corrected chi connectivity index (χ4v) is 2.91. The molecule has 0 N–H and O–H groups in total. The number of benzene rings is 2. The first-order valence-corrected chi connectivity index (χ1v) is 6.44. The number of carbonyl (C=O) groups is 1. The Morgan fingerprint density at radius 1 is 0.895 bits per heavy atom. The van der Waals surface area contributed by atoms with E-state index in [0.29, 0.717) is 10.4 Å². The van der Waals surface area contributed by atoms with Crippen LogP contribution in [0.4, 0.5) is 8.78 Å². The van der Waals surface area contributed by atoms with E-state index in [0.717, 1.165) is 10.1 Å². The molecule has 19 heavy (non-hydrogen) atoms. The second-order valence-corrected chi connectivity index (χ2v) is 5.21. The maximum absolute atomic E-state index is 13.1. The molecule has 0 saturated carbocycles. The number of ketones is 1. The number of carbonyl (C=O) groups excluding carboxylic acids is 1. The highest BCUT2D eigenvalue weighted by atomic mass is 32.1. The smallest absolute Gasteiger partial charge is 0.202 e. The van der Waals surface area contributed by atoms with Crippen molar-refractivity contribution in [2.24, 2.45) is 0 Å². The summed E-state index contributed by atoms with van der Waals surface area (Å²) < 4.78 is 26.6. The monoisotopic (exact) mass is 274 g/mol. The van der Waals surface area contributed by atoms with Gasteiger partial charge in [0.2, 0.25) is 5.78 Å². The van der Waals surface area contributed by atoms with Crippen molar-refractivity contribution in [1.29, 1.82) is 0 Å². The van der Waals surface area contributed by atoms with Crippen LogP contribution < -0.4 is 0 Å². The standard InChI is InChI=1S/C15H8F2OS/c16-11-4-1-9(2-5-11)15(18)14-7-10-3-6-12(17)8-13(10)19-14/h1-8H. The molecule has 0 bridgehead atoms. The van der Waals surface area contributed by atoms with Gasteiger partial charge >= 0.3 is 0 Å². The van der Waals surface area contributed by atoms with Gasteiger partial charge in [-0.15, -0.1) is 11.3 Å². The first kappa shape index (κ1) is 12.0. The summed E-state index contributed by atoms with van der Waals surface area (Å²) in [6.45, 7) is 0. The molecule has 0 spiro atoms. The van der Waals surface area contributed by atoms with Crippen LogP contribution in [-0.4, -0.2) is 5.78 Å². The highest BCUT2D eigenvalue weighted by Gasteiger charge is 2.13. The molecule has 3 rings (SSSR count). The van der Waals surface area contributed by atoms with Crippen molar-refractivity contribution in [2.75, 3.05) is 0 Å². The summed E-state index contributed by atoms with van der Waals surface area (Å²) in [5.41, 5.74) is 0.424. The molecule has 4 heteroatoms. The molecule has 0 unspecified atom stereocenters. The maximum Gasteiger partial charge on any atom is 0.202 e. The van der Waals surface area contributed by atoms with Crippen molar-refractivity contribution < 1.29 is 13.6 Å².